The van der Waals surface area contributed by atoms with Crippen LogP contribution in [0.4, 0.5) is 10.2 Å². The van der Waals surface area contributed by atoms with Gasteiger partial charge >= 0.3 is 0 Å². The molecule has 0 fully saturated rings. The quantitative estimate of drug-likeness (QED) is 0.734. The Hall–Kier alpha value is -1.98. The molecule has 2 N–H and O–H groups in total. The van der Waals surface area contributed by atoms with Gasteiger partial charge in [0, 0.05) is 30.9 Å². The average Bonchev–Trinajstić information content (AvgIpc) is 2.71. The third-order valence-electron chi connectivity index (χ3n) is 1.89. The highest BCUT2D eigenvalue weighted by atomic mass is 19.1. The van der Waals surface area contributed by atoms with Crippen molar-refractivity contribution in [3.63, 3.8) is 0 Å². The van der Waals surface area contributed by atoms with E-state index in [1.807, 2.05) is 0 Å². The summed E-state index contributed by atoms with van der Waals surface area (Å²) in [6.07, 6.45) is 5.35. The van der Waals surface area contributed by atoms with Gasteiger partial charge in [-0.15, -0.1) is 0 Å². The molecule has 2 heterocycles. The number of hydrogen-bond acceptors (Lipinski definition) is 4. The molecule has 0 atom stereocenters. The molecule has 78 valence electrons. The molecular weight excluding hydrogens is 197 g/mol. The smallest absolute Gasteiger partial charge is 0.217 e. The Morgan fingerprint density at radius 1 is 1.40 bits per heavy atom. The van der Waals surface area contributed by atoms with E-state index in [9.17, 15) is 4.39 Å². The van der Waals surface area contributed by atoms with Gasteiger partial charge in [-0.2, -0.15) is 4.39 Å². The third kappa shape index (κ3) is 2.73. The van der Waals surface area contributed by atoms with Crippen molar-refractivity contribution < 1.29 is 4.39 Å². The highest BCUT2D eigenvalue weighted by molar-refractivity contribution is 5.32. The Morgan fingerprint density at radius 2 is 2.33 bits per heavy atom. The number of imidazole rings is 1. The molecule has 0 amide bonds. The molecule has 0 bridgehead atoms. The Labute approximate surface area is 85.8 Å². The van der Waals surface area contributed by atoms with Crippen molar-refractivity contribution in [3.8, 4) is 0 Å². The van der Waals surface area contributed by atoms with Gasteiger partial charge in [0.2, 0.25) is 5.95 Å². The summed E-state index contributed by atoms with van der Waals surface area (Å²) in [5.41, 5.74) is 1.03. The van der Waals surface area contributed by atoms with E-state index in [0.29, 0.717) is 12.4 Å². The van der Waals surface area contributed by atoms with Crippen LogP contribution >= 0.6 is 0 Å². The summed E-state index contributed by atoms with van der Waals surface area (Å²) in [4.78, 5) is 14.1. The number of nitrogens with zero attached hydrogens (tertiary/aromatic N) is 3. The maximum Gasteiger partial charge on any atom is 0.217 e. The number of anilines is 1. The second-order valence-electron chi connectivity index (χ2n) is 2.98. The van der Waals surface area contributed by atoms with Crippen molar-refractivity contribution in [2.75, 3.05) is 11.9 Å². The largest absolute Gasteiger partial charge is 0.369 e. The lowest BCUT2D eigenvalue weighted by molar-refractivity contribution is 0.580. The number of H-pyrrole nitrogens is 1. The highest BCUT2D eigenvalue weighted by Crippen LogP contribution is 2.02. The van der Waals surface area contributed by atoms with Crippen LogP contribution in [0.1, 0.15) is 5.69 Å². The van der Waals surface area contributed by atoms with Gasteiger partial charge in [-0.05, 0) is 0 Å². The van der Waals surface area contributed by atoms with Gasteiger partial charge in [-0.3, -0.25) is 0 Å². The number of nitrogens with one attached hydrogen (secondary N) is 2. The van der Waals surface area contributed by atoms with Crippen LogP contribution in [-0.2, 0) is 6.42 Å². The summed E-state index contributed by atoms with van der Waals surface area (Å²) in [6, 6.07) is 1.26. The van der Waals surface area contributed by atoms with Gasteiger partial charge in [-0.25, -0.2) is 15.0 Å². The van der Waals surface area contributed by atoms with Crippen LogP contribution < -0.4 is 5.32 Å². The van der Waals surface area contributed by atoms with Gasteiger partial charge in [0.15, 0.2) is 0 Å². The predicted molar refractivity (Wildman–Crippen MR) is 52.8 cm³/mol. The van der Waals surface area contributed by atoms with Crippen molar-refractivity contribution in [2.45, 2.75) is 6.42 Å². The van der Waals surface area contributed by atoms with Gasteiger partial charge in [-0.1, -0.05) is 0 Å². The summed E-state index contributed by atoms with van der Waals surface area (Å²) in [5, 5.41) is 2.98. The van der Waals surface area contributed by atoms with Crippen LogP contribution in [-0.4, -0.2) is 26.5 Å². The van der Waals surface area contributed by atoms with Crippen molar-refractivity contribution in [3.05, 3.63) is 36.6 Å². The van der Waals surface area contributed by atoms with Crippen molar-refractivity contribution in [1.82, 2.24) is 19.9 Å². The average molecular weight is 207 g/mol. The molecule has 0 aliphatic heterocycles. The van der Waals surface area contributed by atoms with Crippen LogP contribution in [0, 0.1) is 5.95 Å². The summed E-state index contributed by atoms with van der Waals surface area (Å²) >= 11 is 0. The maximum absolute atomic E-state index is 12.7. The molecule has 2 aromatic rings. The second kappa shape index (κ2) is 4.50. The number of aromatic amines is 1. The first-order valence-corrected chi connectivity index (χ1v) is 4.53. The van der Waals surface area contributed by atoms with Gasteiger partial charge in [0.1, 0.15) is 12.1 Å². The Balaban J connectivity index is 1.83. The summed E-state index contributed by atoms with van der Waals surface area (Å²) in [6.45, 7) is 0.665. The first-order valence-electron chi connectivity index (χ1n) is 4.53. The Kier molecular flexibility index (Phi) is 2.87. The lowest BCUT2D eigenvalue weighted by Crippen LogP contribution is -2.07. The van der Waals surface area contributed by atoms with Crippen molar-refractivity contribution >= 4 is 5.82 Å². The molecule has 0 radical (unpaired) electrons. The predicted octanol–water partition coefficient (Wildman–Crippen LogP) is 0.993. The number of aromatic nitrogens is 4. The van der Waals surface area contributed by atoms with Crippen molar-refractivity contribution in [1.29, 1.82) is 0 Å². The standard InChI is InChI=1S/C9H10FN5/c10-8-3-9(15-6-14-8)12-2-1-7-4-11-5-13-7/h3-6H,1-2H2,(H,11,13)(H,12,14,15). The van der Waals surface area contributed by atoms with Crippen LogP contribution in [0.2, 0.25) is 0 Å². The van der Waals surface area contributed by atoms with E-state index >= 15 is 0 Å². The summed E-state index contributed by atoms with van der Waals surface area (Å²) < 4.78 is 12.7. The topological polar surface area (TPSA) is 66.5 Å². The number of rotatable bonds is 4. The van der Waals surface area contributed by atoms with E-state index in [-0.39, 0.29) is 0 Å². The number of halogens is 1. The summed E-state index contributed by atoms with van der Waals surface area (Å²) in [5.74, 6) is -0.0453. The lowest BCUT2D eigenvalue weighted by Gasteiger charge is -2.03. The first kappa shape index (κ1) is 9.57. The van der Waals surface area contributed by atoms with E-state index in [1.54, 1.807) is 12.5 Å². The maximum atomic E-state index is 12.7. The number of hydrogen-bond donors (Lipinski definition) is 2. The zero-order chi connectivity index (χ0) is 10.5. The minimum absolute atomic E-state index is 0.488. The van der Waals surface area contributed by atoms with Gasteiger partial charge < -0.3 is 10.3 Å². The fourth-order valence-corrected chi connectivity index (χ4v) is 1.18. The molecule has 2 aromatic heterocycles. The zero-order valence-electron chi connectivity index (χ0n) is 7.94. The lowest BCUT2D eigenvalue weighted by atomic mass is 10.3. The van der Waals surface area contributed by atoms with Gasteiger partial charge in [0.05, 0.1) is 6.33 Å². The van der Waals surface area contributed by atoms with E-state index in [4.69, 9.17) is 0 Å². The molecule has 0 saturated carbocycles. The van der Waals surface area contributed by atoms with Crippen LogP contribution in [0.25, 0.3) is 0 Å². The molecule has 6 heteroatoms. The highest BCUT2D eigenvalue weighted by Gasteiger charge is 1.97. The third-order valence-corrected chi connectivity index (χ3v) is 1.89. The van der Waals surface area contributed by atoms with Crippen LogP contribution in [0.5, 0.6) is 0 Å². The molecule has 0 unspecified atom stereocenters. The normalized spacial score (nSPS) is 10.2. The Bertz CT molecular complexity index is 414. The van der Waals surface area contributed by atoms with Crippen LogP contribution in [0.15, 0.2) is 24.9 Å². The van der Waals surface area contributed by atoms with E-state index in [2.05, 4.69) is 25.3 Å². The molecule has 0 aliphatic rings. The molecule has 0 saturated heterocycles. The van der Waals surface area contributed by atoms with E-state index < -0.39 is 5.95 Å². The summed E-state index contributed by atoms with van der Waals surface area (Å²) in [7, 11) is 0. The van der Waals surface area contributed by atoms with E-state index in [0.717, 1.165) is 12.1 Å². The Morgan fingerprint density at radius 3 is 3.07 bits per heavy atom. The molecule has 0 aliphatic carbocycles. The zero-order valence-corrected chi connectivity index (χ0v) is 7.94. The molecule has 5 nitrogen and oxygen atoms in total. The second-order valence-corrected chi connectivity index (χ2v) is 2.98. The minimum atomic E-state index is -0.533. The molecule has 2 rings (SSSR count). The minimum Gasteiger partial charge on any atom is -0.369 e. The SMILES string of the molecule is Fc1cc(NCCc2cnc[nH]2)ncn1. The van der Waals surface area contributed by atoms with Gasteiger partial charge in [0.25, 0.3) is 0 Å². The fourth-order valence-electron chi connectivity index (χ4n) is 1.18. The molecular formula is C9H10FN5. The molecule has 0 spiro atoms. The first-order chi connectivity index (χ1) is 7.34. The monoisotopic (exact) mass is 207 g/mol. The molecule has 0 aromatic carbocycles. The molecule has 15 heavy (non-hydrogen) atoms. The fraction of sp³-hybridized carbons (Fsp3) is 0.222. The van der Waals surface area contributed by atoms with Crippen molar-refractivity contribution in [2.24, 2.45) is 0 Å². The van der Waals surface area contributed by atoms with E-state index in [1.165, 1.54) is 12.4 Å². The van der Waals surface area contributed by atoms with Crippen LogP contribution in [0.3, 0.4) is 0 Å².